The maximum Gasteiger partial charge on any atom is 0.234 e. The van der Waals surface area contributed by atoms with Crippen LogP contribution < -0.4 is 14.8 Å². The van der Waals surface area contributed by atoms with Crippen LogP contribution in [0.4, 0.5) is 5.69 Å². The maximum atomic E-state index is 12.4. The highest BCUT2D eigenvalue weighted by molar-refractivity contribution is 8.00. The molecule has 0 bridgehead atoms. The first-order valence-electron chi connectivity index (χ1n) is 8.82. The first kappa shape index (κ1) is 18.6. The molecule has 1 N–H and O–H groups in total. The molecule has 5 rings (SSSR count). The zero-order valence-corrected chi connectivity index (χ0v) is 16.9. The van der Waals surface area contributed by atoms with Crippen LogP contribution in [0.25, 0.3) is 16.9 Å². The van der Waals surface area contributed by atoms with Gasteiger partial charge >= 0.3 is 0 Å². The van der Waals surface area contributed by atoms with Crippen LogP contribution in [0, 0.1) is 0 Å². The van der Waals surface area contributed by atoms with Crippen molar-refractivity contribution in [3.8, 4) is 17.2 Å². The summed E-state index contributed by atoms with van der Waals surface area (Å²) in [6.07, 6.45) is 1.42. The second-order valence-corrected chi connectivity index (χ2v) is 7.64. The molecule has 0 saturated carbocycles. The Bertz CT molecular complexity index is 1260. The van der Waals surface area contributed by atoms with E-state index in [2.05, 4.69) is 25.6 Å². The first-order valence-corrected chi connectivity index (χ1v) is 10.2. The van der Waals surface area contributed by atoms with Gasteiger partial charge in [-0.3, -0.25) is 4.79 Å². The van der Waals surface area contributed by atoms with Crippen molar-refractivity contribution < 1.29 is 14.3 Å². The standard InChI is InChI=1S/C19H13ClN6O3S/c20-11-2-1-3-13(6-11)26-18-17(24-25-26)19(22-9-21-18)30-8-16(27)23-12-4-5-14-15(7-12)29-10-28-14/h1-7,9H,8,10H2,(H,23,27). The molecule has 0 saturated heterocycles. The smallest absolute Gasteiger partial charge is 0.234 e. The number of hydrogen-bond acceptors (Lipinski definition) is 8. The van der Waals surface area contributed by atoms with Crippen LogP contribution in [-0.2, 0) is 4.79 Å². The number of fused-ring (bicyclic) bond motifs is 2. The molecule has 0 fully saturated rings. The number of aromatic nitrogens is 5. The van der Waals surface area contributed by atoms with Crippen molar-refractivity contribution in [2.75, 3.05) is 17.9 Å². The summed E-state index contributed by atoms with van der Waals surface area (Å²) in [5, 5.41) is 12.3. The summed E-state index contributed by atoms with van der Waals surface area (Å²) in [6, 6.07) is 12.5. The number of carbonyl (C=O) groups excluding carboxylic acids is 1. The summed E-state index contributed by atoms with van der Waals surface area (Å²) in [6.45, 7) is 0.183. The Morgan fingerprint density at radius 1 is 1.17 bits per heavy atom. The number of hydrogen-bond donors (Lipinski definition) is 1. The minimum absolute atomic E-state index is 0.143. The van der Waals surface area contributed by atoms with Gasteiger partial charge in [0.2, 0.25) is 12.7 Å². The first-order chi connectivity index (χ1) is 14.7. The van der Waals surface area contributed by atoms with Crippen molar-refractivity contribution >= 4 is 46.1 Å². The van der Waals surface area contributed by atoms with Crippen molar-refractivity contribution in [2.24, 2.45) is 0 Å². The molecule has 0 aliphatic carbocycles. The number of carbonyl (C=O) groups is 1. The maximum absolute atomic E-state index is 12.4. The number of nitrogens with zero attached hydrogens (tertiary/aromatic N) is 5. The molecule has 3 heterocycles. The Labute approximate surface area is 179 Å². The Kier molecular flexibility index (Phi) is 4.85. The third-order valence-corrected chi connectivity index (χ3v) is 5.47. The van der Waals surface area contributed by atoms with E-state index in [0.717, 1.165) is 5.69 Å². The van der Waals surface area contributed by atoms with E-state index in [-0.39, 0.29) is 18.5 Å². The summed E-state index contributed by atoms with van der Waals surface area (Å²) < 4.78 is 12.2. The molecule has 1 amide bonds. The molecule has 30 heavy (non-hydrogen) atoms. The third kappa shape index (κ3) is 3.62. The minimum Gasteiger partial charge on any atom is -0.454 e. The lowest BCUT2D eigenvalue weighted by molar-refractivity contribution is -0.113. The highest BCUT2D eigenvalue weighted by Gasteiger charge is 2.16. The van der Waals surface area contributed by atoms with E-state index in [1.165, 1.54) is 18.1 Å². The quantitative estimate of drug-likeness (QED) is 0.372. The Hall–Kier alpha value is -3.37. The number of benzene rings is 2. The van der Waals surface area contributed by atoms with Gasteiger partial charge in [-0.15, -0.1) is 5.10 Å². The van der Waals surface area contributed by atoms with Gasteiger partial charge in [0.25, 0.3) is 0 Å². The van der Waals surface area contributed by atoms with Gasteiger partial charge in [0.05, 0.1) is 11.4 Å². The summed E-state index contributed by atoms with van der Waals surface area (Å²) in [5.74, 6) is 1.22. The zero-order chi connectivity index (χ0) is 20.5. The number of amides is 1. The Morgan fingerprint density at radius 2 is 2.07 bits per heavy atom. The molecule has 0 unspecified atom stereocenters. The molecule has 1 aliphatic rings. The lowest BCUT2D eigenvalue weighted by Crippen LogP contribution is -2.14. The average Bonchev–Trinajstić information content (AvgIpc) is 3.39. The average molecular weight is 441 g/mol. The molecule has 11 heteroatoms. The second-order valence-electron chi connectivity index (χ2n) is 6.24. The summed E-state index contributed by atoms with van der Waals surface area (Å²) in [7, 11) is 0. The van der Waals surface area contributed by atoms with E-state index in [9.17, 15) is 4.79 Å². The highest BCUT2D eigenvalue weighted by Crippen LogP contribution is 2.34. The number of nitrogens with one attached hydrogen (secondary N) is 1. The number of anilines is 1. The van der Waals surface area contributed by atoms with Gasteiger partial charge in [-0.05, 0) is 30.3 Å². The van der Waals surface area contributed by atoms with Crippen LogP contribution in [0.5, 0.6) is 11.5 Å². The van der Waals surface area contributed by atoms with E-state index in [1.807, 2.05) is 12.1 Å². The highest BCUT2D eigenvalue weighted by atomic mass is 35.5. The third-order valence-electron chi connectivity index (χ3n) is 4.25. The Balaban J connectivity index is 1.31. The molecule has 0 atom stereocenters. The molecule has 4 aromatic rings. The fourth-order valence-corrected chi connectivity index (χ4v) is 3.84. The van der Waals surface area contributed by atoms with Crippen molar-refractivity contribution in [1.29, 1.82) is 0 Å². The molecular weight excluding hydrogens is 428 g/mol. The predicted octanol–water partition coefficient (Wildman–Crippen LogP) is 3.32. The molecule has 2 aromatic carbocycles. The fourth-order valence-electron chi connectivity index (χ4n) is 2.92. The largest absolute Gasteiger partial charge is 0.454 e. The molecular formula is C19H13ClN6O3S. The van der Waals surface area contributed by atoms with Crippen molar-refractivity contribution in [3.63, 3.8) is 0 Å². The lowest BCUT2D eigenvalue weighted by atomic mass is 10.3. The van der Waals surface area contributed by atoms with Gasteiger partial charge in [0.1, 0.15) is 11.4 Å². The predicted molar refractivity (Wildman–Crippen MR) is 111 cm³/mol. The molecule has 150 valence electrons. The molecule has 0 radical (unpaired) electrons. The number of halogens is 1. The summed E-state index contributed by atoms with van der Waals surface area (Å²) in [4.78, 5) is 20.9. The lowest BCUT2D eigenvalue weighted by Gasteiger charge is -2.06. The van der Waals surface area contributed by atoms with Crippen LogP contribution >= 0.6 is 23.4 Å². The van der Waals surface area contributed by atoms with Crippen LogP contribution in [0.15, 0.2) is 53.8 Å². The molecule has 9 nitrogen and oxygen atoms in total. The number of thioether (sulfide) groups is 1. The van der Waals surface area contributed by atoms with Crippen molar-refractivity contribution in [2.45, 2.75) is 5.03 Å². The van der Waals surface area contributed by atoms with E-state index in [0.29, 0.717) is 38.4 Å². The zero-order valence-electron chi connectivity index (χ0n) is 15.3. The van der Waals surface area contributed by atoms with Crippen LogP contribution in [-0.4, -0.2) is 43.4 Å². The SMILES string of the molecule is O=C(CSc1ncnc2c1nnn2-c1cccc(Cl)c1)Nc1ccc2c(c1)OCO2. The molecule has 0 spiro atoms. The van der Waals surface area contributed by atoms with Crippen molar-refractivity contribution in [1.82, 2.24) is 25.0 Å². The van der Waals surface area contributed by atoms with Gasteiger partial charge in [-0.1, -0.05) is 34.6 Å². The van der Waals surface area contributed by atoms with Crippen molar-refractivity contribution in [3.05, 3.63) is 53.8 Å². The van der Waals surface area contributed by atoms with Gasteiger partial charge in [0, 0.05) is 16.8 Å². The van der Waals surface area contributed by atoms with Crippen LogP contribution in [0.2, 0.25) is 5.02 Å². The van der Waals surface area contributed by atoms with E-state index >= 15 is 0 Å². The summed E-state index contributed by atoms with van der Waals surface area (Å²) >= 11 is 7.32. The number of ether oxygens (including phenoxy) is 2. The molecule has 2 aromatic heterocycles. The van der Waals surface area contributed by atoms with E-state index in [1.54, 1.807) is 35.0 Å². The van der Waals surface area contributed by atoms with Gasteiger partial charge < -0.3 is 14.8 Å². The van der Waals surface area contributed by atoms with E-state index < -0.39 is 0 Å². The topological polar surface area (TPSA) is 104 Å². The van der Waals surface area contributed by atoms with Gasteiger partial charge in [-0.2, -0.15) is 4.68 Å². The van der Waals surface area contributed by atoms with Crippen LogP contribution in [0.1, 0.15) is 0 Å². The Morgan fingerprint density at radius 3 is 2.97 bits per heavy atom. The number of rotatable bonds is 5. The van der Waals surface area contributed by atoms with Crippen LogP contribution in [0.3, 0.4) is 0 Å². The monoisotopic (exact) mass is 440 g/mol. The van der Waals surface area contributed by atoms with Gasteiger partial charge in [0.15, 0.2) is 22.7 Å². The minimum atomic E-state index is -0.187. The normalized spacial score (nSPS) is 12.3. The van der Waals surface area contributed by atoms with Gasteiger partial charge in [-0.25, -0.2) is 9.97 Å². The van der Waals surface area contributed by atoms with E-state index in [4.69, 9.17) is 21.1 Å². The summed E-state index contributed by atoms with van der Waals surface area (Å²) in [5.41, 5.74) is 2.41. The second kappa shape index (κ2) is 7.81. The molecule has 1 aliphatic heterocycles. The fraction of sp³-hybridized carbons (Fsp3) is 0.105.